The quantitative estimate of drug-likeness (QED) is 0.401. The Morgan fingerprint density at radius 1 is 1.14 bits per heavy atom. The fraction of sp³-hybridized carbons (Fsp3) is 0.750. The second-order valence-corrected chi connectivity index (χ2v) is 6.32. The maximum atomic E-state index is 11.6. The van der Waals surface area contributed by atoms with Crippen LogP contribution in [0.5, 0.6) is 0 Å². The van der Waals surface area contributed by atoms with E-state index in [2.05, 4.69) is 10.6 Å². The van der Waals surface area contributed by atoms with Crippen LogP contribution in [0.4, 0.5) is 0 Å². The van der Waals surface area contributed by atoms with Crippen LogP contribution in [-0.2, 0) is 14.4 Å². The van der Waals surface area contributed by atoms with Crippen molar-refractivity contribution >= 4 is 41.3 Å². The molecule has 0 aromatic carbocycles. The molecule has 0 aliphatic rings. The van der Waals surface area contributed by atoms with Crippen molar-refractivity contribution in [1.82, 2.24) is 10.6 Å². The van der Waals surface area contributed by atoms with Gasteiger partial charge in [-0.15, -0.1) is 0 Å². The average molecular weight is 337 g/mol. The van der Waals surface area contributed by atoms with E-state index >= 15 is 0 Å². The Kier molecular flexibility index (Phi) is 11.2. The molecule has 122 valence electrons. The van der Waals surface area contributed by atoms with E-state index in [1.807, 2.05) is 12.5 Å². The first kappa shape index (κ1) is 20.1. The van der Waals surface area contributed by atoms with Gasteiger partial charge in [-0.3, -0.25) is 9.59 Å². The number of hydrogen-bond acceptors (Lipinski definition) is 6. The van der Waals surface area contributed by atoms with Crippen LogP contribution in [0, 0.1) is 0 Å². The Labute approximate surface area is 133 Å². The second-order valence-electron chi connectivity index (χ2n) is 4.35. The molecule has 7 nitrogen and oxygen atoms in total. The predicted molar refractivity (Wildman–Crippen MR) is 86.5 cm³/mol. The number of carboxylic acid groups (broad SMARTS) is 1. The van der Waals surface area contributed by atoms with Gasteiger partial charge in [-0.1, -0.05) is 0 Å². The highest BCUT2D eigenvalue weighted by Gasteiger charge is 2.20. The zero-order valence-corrected chi connectivity index (χ0v) is 13.9. The van der Waals surface area contributed by atoms with Crippen molar-refractivity contribution in [2.45, 2.75) is 24.9 Å². The van der Waals surface area contributed by atoms with Gasteiger partial charge < -0.3 is 21.5 Å². The van der Waals surface area contributed by atoms with Gasteiger partial charge in [-0.2, -0.15) is 23.5 Å². The molecule has 0 aromatic rings. The molecule has 5 N–H and O–H groups in total. The fourth-order valence-electron chi connectivity index (χ4n) is 1.41. The lowest BCUT2D eigenvalue weighted by atomic mass is 10.2. The SMILES string of the molecule is CSCCC(N)C(=O)NCC(=O)NC(CCSC)C(=O)O. The van der Waals surface area contributed by atoms with Gasteiger partial charge >= 0.3 is 5.97 Å². The number of hydrogen-bond donors (Lipinski definition) is 4. The molecular formula is C12H23N3O4S2. The standard InChI is InChI=1S/C12H23N3O4S2/c1-20-5-3-8(13)11(17)14-7-10(16)15-9(12(18)19)4-6-21-2/h8-9H,3-7,13H2,1-2H3,(H,14,17)(H,15,16)(H,18,19). The van der Waals surface area contributed by atoms with Crippen molar-refractivity contribution in [1.29, 1.82) is 0 Å². The van der Waals surface area contributed by atoms with E-state index in [0.29, 0.717) is 18.6 Å². The topological polar surface area (TPSA) is 122 Å². The maximum Gasteiger partial charge on any atom is 0.326 e. The molecule has 0 fully saturated rings. The van der Waals surface area contributed by atoms with Crippen LogP contribution < -0.4 is 16.4 Å². The van der Waals surface area contributed by atoms with Gasteiger partial charge in [0.1, 0.15) is 6.04 Å². The number of nitrogens with one attached hydrogen (secondary N) is 2. The molecule has 0 heterocycles. The highest BCUT2D eigenvalue weighted by atomic mass is 32.2. The highest BCUT2D eigenvalue weighted by molar-refractivity contribution is 7.98. The third kappa shape index (κ3) is 9.59. The number of carboxylic acids is 1. The summed E-state index contributed by atoms with van der Waals surface area (Å²) < 4.78 is 0. The summed E-state index contributed by atoms with van der Waals surface area (Å²) >= 11 is 3.09. The van der Waals surface area contributed by atoms with E-state index in [0.717, 1.165) is 5.75 Å². The summed E-state index contributed by atoms with van der Waals surface area (Å²) in [6, 6.07) is -1.59. The Hall–Kier alpha value is -0.930. The zero-order valence-electron chi connectivity index (χ0n) is 12.3. The van der Waals surface area contributed by atoms with Crippen molar-refractivity contribution in [3.63, 3.8) is 0 Å². The van der Waals surface area contributed by atoms with Gasteiger partial charge in [0.05, 0.1) is 12.6 Å². The molecule has 9 heteroatoms. The molecule has 2 unspecified atom stereocenters. The van der Waals surface area contributed by atoms with Crippen LogP contribution in [0.25, 0.3) is 0 Å². The van der Waals surface area contributed by atoms with Gasteiger partial charge in [0.25, 0.3) is 0 Å². The maximum absolute atomic E-state index is 11.6. The first-order valence-corrected chi connectivity index (χ1v) is 9.24. The monoisotopic (exact) mass is 337 g/mol. The summed E-state index contributed by atoms with van der Waals surface area (Å²) in [5.74, 6) is -0.635. The molecule has 2 amide bonds. The lowest BCUT2D eigenvalue weighted by Gasteiger charge is -2.15. The van der Waals surface area contributed by atoms with Crippen molar-refractivity contribution in [3.8, 4) is 0 Å². The first-order valence-electron chi connectivity index (χ1n) is 6.45. The van der Waals surface area contributed by atoms with Gasteiger partial charge in [-0.05, 0) is 36.9 Å². The van der Waals surface area contributed by atoms with E-state index in [-0.39, 0.29) is 6.54 Å². The molecule has 21 heavy (non-hydrogen) atoms. The van der Waals surface area contributed by atoms with Gasteiger partial charge in [0.15, 0.2) is 0 Å². The molecule has 0 aliphatic heterocycles. The fourth-order valence-corrected chi connectivity index (χ4v) is 2.37. The summed E-state index contributed by atoms with van der Waals surface area (Å²) in [5.41, 5.74) is 5.65. The minimum atomic E-state index is -1.08. The second kappa shape index (κ2) is 11.7. The van der Waals surface area contributed by atoms with E-state index in [1.165, 1.54) is 11.8 Å². The summed E-state index contributed by atoms with van der Waals surface area (Å²) in [7, 11) is 0. The van der Waals surface area contributed by atoms with E-state index in [4.69, 9.17) is 10.8 Å². The minimum absolute atomic E-state index is 0.269. The number of aliphatic carboxylic acids is 1. The Bertz CT molecular complexity index is 355. The predicted octanol–water partition coefficient (Wildman–Crippen LogP) is -0.494. The van der Waals surface area contributed by atoms with Crippen LogP contribution in [0.2, 0.25) is 0 Å². The van der Waals surface area contributed by atoms with Crippen molar-refractivity contribution in [2.24, 2.45) is 5.73 Å². The first-order chi connectivity index (χ1) is 9.92. The lowest BCUT2D eigenvalue weighted by Crippen LogP contribution is -2.48. The molecule has 0 aromatic heterocycles. The average Bonchev–Trinajstić information content (AvgIpc) is 2.45. The molecular weight excluding hydrogens is 314 g/mol. The summed E-state index contributed by atoms with van der Waals surface area (Å²) in [4.78, 5) is 34.2. The lowest BCUT2D eigenvalue weighted by molar-refractivity contribution is -0.141. The molecule has 0 spiro atoms. The molecule has 0 saturated heterocycles. The van der Waals surface area contributed by atoms with Gasteiger partial charge in [0.2, 0.25) is 11.8 Å². The number of carbonyl (C=O) groups excluding carboxylic acids is 2. The van der Waals surface area contributed by atoms with Crippen LogP contribution in [0.1, 0.15) is 12.8 Å². The van der Waals surface area contributed by atoms with Crippen molar-refractivity contribution in [2.75, 3.05) is 30.6 Å². The normalized spacial score (nSPS) is 13.3. The number of nitrogens with two attached hydrogens (primary N) is 1. The van der Waals surface area contributed by atoms with Crippen molar-refractivity contribution in [3.05, 3.63) is 0 Å². The van der Waals surface area contributed by atoms with E-state index in [1.54, 1.807) is 11.8 Å². The summed E-state index contributed by atoms with van der Waals surface area (Å²) in [6.07, 6.45) is 4.64. The van der Waals surface area contributed by atoms with Gasteiger partial charge in [-0.25, -0.2) is 4.79 Å². The Morgan fingerprint density at radius 3 is 2.24 bits per heavy atom. The third-order valence-electron chi connectivity index (χ3n) is 2.64. The smallest absolute Gasteiger partial charge is 0.326 e. The highest BCUT2D eigenvalue weighted by Crippen LogP contribution is 2.01. The van der Waals surface area contributed by atoms with E-state index < -0.39 is 29.9 Å². The molecule has 0 aliphatic carbocycles. The molecule has 0 bridgehead atoms. The minimum Gasteiger partial charge on any atom is -0.480 e. The number of thioether (sulfide) groups is 2. The summed E-state index contributed by atoms with van der Waals surface area (Å²) in [6.45, 7) is -0.269. The van der Waals surface area contributed by atoms with E-state index in [9.17, 15) is 14.4 Å². The third-order valence-corrected chi connectivity index (χ3v) is 3.92. The molecule has 2 atom stereocenters. The Morgan fingerprint density at radius 2 is 1.71 bits per heavy atom. The van der Waals surface area contributed by atoms with Crippen LogP contribution in [0.3, 0.4) is 0 Å². The van der Waals surface area contributed by atoms with Crippen LogP contribution in [0.15, 0.2) is 0 Å². The number of carbonyl (C=O) groups is 3. The number of amides is 2. The number of rotatable bonds is 11. The molecule has 0 radical (unpaired) electrons. The largest absolute Gasteiger partial charge is 0.480 e. The van der Waals surface area contributed by atoms with Gasteiger partial charge in [0, 0.05) is 0 Å². The van der Waals surface area contributed by atoms with Crippen LogP contribution in [-0.4, -0.2) is 65.5 Å². The van der Waals surface area contributed by atoms with Crippen molar-refractivity contribution < 1.29 is 19.5 Å². The molecule has 0 saturated carbocycles. The van der Waals surface area contributed by atoms with Crippen LogP contribution >= 0.6 is 23.5 Å². The molecule has 0 rings (SSSR count). The Balaban J connectivity index is 4.11. The summed E-state index contributed by atoms with van der Waals surface area (Å²) in [5, 5.41) is 13.8. The zero-order chi connectivity index (χ0) is 16.3.